The highest BCUT2D eigenvalue weighted by Gasteiger charge is 2.06. The fourth-order valence-electron chi connectivity index (χ4n) is 1.62. The first-order valence-corrected chi connectivity index (χ1v) is 6.47. The lowest BCUT2D eigenvalue weighted by molar-refractivity contribution is 0.163. The van der Waals surface area contributed by atoms with Crippen LogP contribution < -0.4 is 0 Å². The summed E-state index contributed by atoms with van der Waals surface area (Å²) in [6, 6.07) is 7.92. The van der Waals surface area contributed by atoms with E-state index < -0.39 is 0 Å². The third-order valence-electron chi connectivity index (χ3n) is 2.59. The molecule has 0 spiro atoms. The van der Waals surface area contributed by atoms with Crippen molar-refractivity contribution in [3.8, 4) is 0 Å². The summed E-state index contributed by atoms with van der Waals surface area (Å²) in [4.78, 5) is 0. The average molecular weight is 271 g/mol. The number of benzene rings is 1. The number of halogens is 1. The SMILES string of the molecule is CCCCCC[C@@H](O)c1ccc(Br)cc1. The average Bonchev–Trinajstić information content (AvgIpc) is 2.25. The molecule has 0 aromatic heterocycles. The Balaban J connectivity index is 2.33. The number of hydrogen-bond acceptors (Lipinski definition) is 1. The summed E-state index contributed by atoms with van der Waals surface area (Å²) in [5.41, 5.74) is 1.02. The topological polar surface area (TPSA) is 20.2 Å². The number of aliphatic hydroxyl groups excluding tert-OH is 1. The first-order valence-electron chi connectivity index (χ1n) is 5.67. The number of hydrogen-bond donors (Lipinski definition) is 1. The van der Waals surface area contributed by atoms with Crippen LogP contribution >= 0.6 is 15.9 Å². The molecule has 1 N–H and O–H groups in total. The van der Waals surface area contributed by atoms with Crippen molar-refractivity contribution in [3.63, 3.8) is 0 Å². The van der Waals surface area contributed by atoms with Crippen LogP contribution in [0.4, 0.5) is 0 Å². The van der Waals surface area contributed by atoms with E-state index in [-0.39, 0.29) is 6.10 Å². The third-order valence-corrected chi connectivity index (χ3v) is 3.11. The first-order chi connectivity index (χ1) is 7.24. The van der Waals surface area contributed by atoms with E-state index >= 15 is 0 Å². The maximum Gasteiger partial charge on any atom is 0.0790 e. The van der Waals surface area contributed by atoms with Gasteiger partial charge >= 0.3 is 0 Å². The third kappa shape index (κ3) is 4.80. The lowest BCUT2D eigenvalue weighted by Crippen LogP contribution is -1.96. The van der Waals surface area contributed by atoms with Gasteiger partial charge in [-0.15, -0.1) is 0 Å². The van der Waals surface area contributed by atoms with E-state index in [9.17, 15) is 5.11 Å². The van der Waals surface area contributed by atoms with Crippen molar-refractivity contribution >= 4 is 15.9 Å². The van der Waals surface area contributed by atoms with Crippen molar-refractivity contribution in [2.24, 2.45) is 0 Å². The number of rotatable bonds is 6. The molecule has 0 amide bonds. The van der Waals surface area contributed by atoms with Crippen LogP contribution in [0.25, 0.3) is 0 Å². The van der Waals surface area contributed by atoms with E-state index in [1.807, 2.05) is 24.3 Å². The fraction of sp³-hybridized carbons (Fsp3) is 0.538. The predicted octanol–water partition coefficient (Wildman–Crippen LogP) is 4.45. The Bertz CT molecular complexity index is 268. The van der Waals surface area contributed by atoms with E-state index in [4.69, 9.17) is 0 Å². The van der Waals surface area contributed by atoms with E-state index in [2.05, 4.69) is 22.9 Å². The molecule has 0 saturated heterocycles. The van der Waals surface area contributed by atoms with Crippen LogP contribution in [-0.4, -0.2) is 5.11 Å². The van der Waals surface area contributed by atoms with E-state index in [1.165, 1.54) is 19.3 Å². The Hall–Kier alpha value is -0.340. The summed E-state index contributed by atoms with van der Waals surface area (Å²) in [7, 11) is 0. The maximum absolute atomic E-state index is 9.90. The van der Waals surface area contributed by atoms with E-state index in [0.29, 0.717) is 0 Å². The second kappa shape index (κ2) is 7.02. The highest BCUT2D eigenvalue weighted by molar-refractivity contribution is 9.10. The summed E-state index contributed by atoms with van der Waals surface area (Å²) >= 11 is 3.39. The highest BCUT2D eigenvalue weighted by atomic mass is 79.9. The fourth-order valence-corrected chi connectivity index (χ4v) is 1.88. The maximum atomic E-state index is 9.90. The van der Waals surface area contributed by atoms with Gasteiger partial charge in [0.1, 0.15) is 0 Å². The van der Waals surface area contributed by atoms with Gasteiger partial charge in [-0.1, -0.05) is 60.7 Å². The molecule has 0 heterocycles. The summed E-state index contributed by atoms with van der Waals surface area (Å²) in [5.74, 6) is 0. The van der Waals surface area contributed by atoms with Crippen LogP contribution in [0.2, 0.25) is 0 Å². The van der Waals surface area contributed by atoms with Crippen molar-refractivity contribution in [1.29, 1.82) is 0 Å². The second-order valence-corrected chi connectivity index (χ2v) is 4.83. The summed E-state index contributed by atoms with van der Waals surface area (Å²) < 4.78 is 1.06. The number of aliphatic hydroxyl groups is 1. The molecule has 1 atom stereocenters. The molecule has 0 fully saturated rings. The Morgan fingerprint density at radius 2 is 1.80 bits per heavy atom. The van der Waals surface area contributed by atoms with Gasteiger partial charge < -0.3 is 5.11 Å². The monoisotopic (exact) mass is 270 g/mol. The largest absolute Gasteiger partial charge is 0.388 e. The molecule has 2 heteroatoms. The molecule has 1 aromatic rings. The molecule has 0 bridgehead atoms. The lowest BCUT2D eigenvalue weighted by atomic mass is 10.0. The Morgan fingerprint density at radius 1 is 1.13 bits per heavy atom. The minimum atomic E-state index is -0.296. The molecule has 1 aromatic carbocycles. The zero-order valence-electron chi connectivity index (χ0n) is 9.25. The molecule has 0 aliphatic rings. The van der Waals surface area contributed by atoms with Crippen LogP contribution in [0.15, 0.2) is 28.7 Å². The second-order valence-electron chi connectivity index (χ2n) is 3.92. The molecule has 0 saturated carbocycles. The molecule has 0 radical (unpaired) electrons. The van der Waals surface area contributed by atoms with E-state index in [1.54, 1.807) is 0 Å². The molecule has 0 aliphatic heterocycles. The molecule has 0 aliphatic carbocycles. The molecule has 0 unspecified atom stereocenters. The molecule has 84 valence electrons. The van der Waals surface area contributed by atoms with Crippen LogP contribution in [0, 0.1) is 0 Å². The van der Waals surface area contributed by atoms with Crippen LogP contribution in [0.1, 0.15) is 50.7 Å². The minimum Gasteiger partial charge on any atom is -0.388 e. The van der Waals surface area contributed by atoms with Crippen molar-refractivity contribution < 1.29 is 5.11 Å². The zero-order valence-corrected chi connectivity index (χ0v) is 10.8. The lowest BCUT2D eigenvalue weighted by Gasteiger charge is -2.10. The van der Waals surface area contributed by atoms with Crippen molar-refractivity contribution in [1.82, 2.24) is 0 Å². The number of unbranched alkanes of at least 4 members (excludes halogenated alkanes) is 3. The summed E-state index contributed by atoms with van der Waals surface area (Å²) in [6.45, 7) is 2.20. The van der Waals surface area contributed by atoms with Crippen LogP contribution in [0.5, 0.6) is 0 Å². The van der Waals surface area contributed by atoms with Gasteiger partial charge in [-0.3, -0.25) is 0 Å². The van der Waals surface area contributed by atoms with Gasteiger partial charge in [0.05, 0.1) is 6.10 Å². The zero-order chi connectivity index (χ0) is 11.1. The van der Waals surface area contributed by atoms with Crippen molar-refractivity contribution in [2.75, 3.05) is 0 Å². The van der Waals surface area contributed by atoms with Gasteiger partial charge in [-0.2, -0.15) is 0 Å². The van der Waals surface area contributed by atoms with Gasteiger partial charge in [0.15, 0.2) is 0 Å². The quantitative estimate of drug-likeness (QED) is 0.758. The van der Waals surface area contributed by atoms with Gasteiger partial charge in [0.2, 0.25) is 0 Å². The summed E-state index contributed by atoms with van der Waals surface area (Å²) in [6.07, 6.45) is 5.44. The van der Waals surface area contributed by atoms with Gasteiger partial charge in [-0.05, 0) is 24.1 Å². The Labute approximate surface area is 101 Å². The summed E-state index contributed by atoms with van der Waals surface area (Å²) in [5, 5.41) is 9.90. The van der Waals surface area contributed by atoms with Crippen molar-refractivity contribution in [2.45, 2.75) is 45.1 Å². The Morgan fingerprint density at radius 3 is 2.40 bits per heavy atom. The molecular formula is C13H19BrO. The Kier molecular flexibility index (Phi) is 5.96. The smallest absolute Gasteiger partial charge is 0.0790 e. The predicted molar refractivity (Wildman–Crippen MR) is 67.9 cm³/mol. The van der Waals surface area contributed by atoms with Crippen molar-refractivity contribution in [3.05, 3.63) is 34.3 Å². The molecule has 1 rings (SSSR count). The standard InChI is InChI=1S/C13H19BrO/c1-2-3-4-5-6-13(15)11-7-9-12(14)10-8-11/h7-10,13,15H,2-6H2,1H3/t13-/m1/s1. The molecule has 1 nitrogen and oxygen atoms in total. The molecular weight excluding hydrogens is 252 g/mol. The van der Waals surface area contributed by atoms with E-state index in [0.717, 1.165) is 22.9 Å². The van der Waals surface area contributed by atoms with Crippen LogP contribution in [0.3, 0.4) is 0 Å². The minimum absolute atomic E-state index is 0.296. The van der Waals surface area contributed by atoms with Gasteiger partial charge in [0.25, 0.3) is 0 Å². The van der Waals surface area contributed by atoms with Crippen LogP contribution in [-0.2, 0) is 0 Å². The van der Waals surface area contributed by atoms with Gasteiger partial charge in [0, 0.05) is 4.47 Å². The van der Waals surface area contributed by atoms with Gasteiger partial charge in [-0.25, -0.2) is 0 Å². The molecule has 15 heavy (non-hydrogen) atoms. The first kappa shape index (κ1) is 12.7. The normalized spacial score (nSPS) is 12.7. The highest BCUT2D eigenvalue weighted by Crippen LogP contribution is 2.21.